The van der Waals surface area contributed by atoms with E-state index in [1.54, 1.807) is 25.3 Å². The molecule has 0 aliphatic rings. The molecule has 0 radical (unpaired) electrons. The van der Waals surface area contributed by atoms with Crippen LogP contribution in [-0.2, 0) is 6.61 Å². The van der Waals surface area contributed by atoms with Crippen molar-refractivity contribution >= 4 is 0 Å². The van der Waals surface area contributed by atoms with E-state index in [0.29, 0.717) is 22.6 Å². The van der Waals surface area contributed by atoms with Crippen molar-refractivity contribution in [1.82, 2.24) is 0 Å². The van der Waals surface area contributed by atoms with Crippen molar-refractivity contribution in [2.24, 2.45) is 0 Å². The highest BCUT2D eigenvalue weighted by molar-refractivity contribution is 5.42. The quantitative estimate of drug-likeness (QED) is 0.853. The molecule has 0 saturated heterocycles. The van der Waals surface area contributed by atoms with Crippen LogP contribution in [-0.4, -0.2) is 7.11 Å². The van der Waals surface area contributed by atoms with Gasteiger partial charge in [-0.15, -0.1) is 0 Å². The lowest BCUT2D eigenvalue weighted by atomic mass is 10.1. The zero-order chi connectivity index (χ0) is 14.5. The van der Waals surface area contributed by atoms with E-state index in [1.807, 2.05) is 25.1 Å². The van der Waals surface area contributed by atoms with Gasteiger partial charge in [-0.3, -0.25) is 0 Å². The number of rotatable bonds is 4. The number of hydrogen-bond donors (Lipinski definition) is 0. The van der Waals surface area contributed by atoms with Crippen molar-refractivity contribution in [2.45, 2.75) is 13.5 Å². The Morgan fingerprint density at radius 3 is 2.60 bits per heavy atom. The number of hydrogen-bond acceptors (Lipinski definition) is 3. The SMILES string of the molecule is COc1cc(C)ccc1OCc1ccc(C#N)cc1F. The van der Waals surface area contributed by atoms with Gasteiger partial charge in [0, 0.05) is 5.56 Å². The largest absolute Gasteiger partial charge is 0.493 e. The molecular weight excluding hydrogens is 257 g/mol. The highest BCUT2D eigenvalue weighted by Gasteiger charge is 2.08. The summed E-state index contributed by atoms with van der Waals surface area (Å²) >= 11 is 0. The van der Waals surface area contributed by atoms with Crippen LogP contribution in [0.15, 0.2) is 36.4 Å². The lowest BCUT2D eigenvalue weighted by Crippen LogP contribution is -2.00. The Bertz CT molecular complexity index is 662. The molecule has 0 amide bonds. The van der Waals surface area contributed by atoms with Gasteiger partial charge in [0.05, 0.1) is 18.7 Å². The van der Waals surface area contributed by atoms with E-state index in [4.69, 9.17) is 14.7 Å². The summed E-state index contributed by atoms with van der Waals surface area (Å²) in [5, 5.41) is 8.69. The van der Waals surface area contributed by atoms with Crippen LogP contribution in [0, 0.1) is 24.1 Å². The number of halogens is 1. The molecule has 0 aromatic heterocycles. The Balaban J connectivity index is 2.15. The second-order valence-electron chi connectivity index (χ2n) is 4.36. The van der Waals surface area contributed by atoms with Crippen molar-refractivity contribution in [2.75, 3.05) is 7.11 Å². The molecule has 2 rings (SSSR count). The summed E-state index contributed by atoms with van der Waals surface area (Å²) in [6, 6.07) is 11.7. The maximum atomic E-state index is 13.7. The maximum absolute atomic E-state index is 13.7. The van der Waals surface area contributed by atoms with Gasteiger partial charge in [-0.2, -0.15) is 5.26 Å². The number of aryl methyl sites for hydroxylation is 1. The molecule has 2 aromatic carbocycles. The molecule has 0 fully saturated rings. The summed E-state index contributed by atoms with van der Waals surface area (Å²) in [5.41, 5.74) is 1.74. The van der Waals surface area contributed by atoms with E-state index >= 15 is 0 Å². The van der Waals surface area contributed by atoms with Crippen LogP contribution in [0.3, 0.4) is 0 Å². The minimum atomic E-state index is -0.449. The molecule has 0 unspecified atom stereocenters. The number of ether oxygens (including phenoxy) is 2. The van der Waals surface area contributed by atoms with E-state index in [1.165, 1.54) is 6.07 Å². The average Bonchev–Trinajstić information content (AvgIpc) is 2.46. The van der Waals surface area contributed by atoms with Gasteiger partial charge >= 0.3 is 0 Å². The van der Waals surface area contributed by atoms with Gasteiger partial charge in [-0.25, -0.2) is 4.39 Å². The highest BCUT2D eigenvalue weighted by atomic mass is 19.1. The van der Waals surface area contributed by atoms with E-state index in [-0.39, 0.29) is 6.61 Å². The first-order chi connectivity index (χ1) is 9.63. The number of benzene rings is 2. The lowest BCUT2D eigenvalue weighted by Gasteiger charge is -2.11. The van der Waals surface area contributed by atoms with Crippen LogP contribution in [0.25, 0.3) is 0 Å². The number of methoxy groups -OCH3 is 1. The van der Waals surface area contributed by atoms with Gasteiger partial charge in [-0.1, -0.05) is 12.1 Å². The molecule has 2 aromatic rings. The third kappa shape index (κ3) is 3.07. The molecule has 0 atom stereocenters. The Morgan fingerprint density at radius 2 is 1.95 bits per heavy atom. The third-order valence-corrected chi connectivity index (χ3v) is 2.88. The molecule has 20 heavy (non-hydrogen) atoms. The molecular formula is C16H14FNO2. The Kier molecular flexibility index (Phi) is 4.21. The van der Waals surface area contributed by atoms with Crippen LogP contribution in [0.4, 0.5) is 4.39 Å². The third-order valence-electron chi connectivity index (χ3n) is 2.88. The van der Waals surface area contributed by atoms with Gasteiger partial charge in [0.25, 0.3) is 0 Å². The maximum Gasteiger partial charge on any atom is 0.161 e. The van der Waals surface area contributed by atoms with Gasteiger partial charge in [-0.05, 0) is 36.8 Å². The molecule has 4 heteroatoms. The minimum Gasteiger partial charge on any atom is -0.493 e. The molecule has 0 saturated carbocycles. The first-order valence-electron chi connectivity index (χ1n) is 6.10. The molecule has 102 valence electrons. The summed E-state index contributed by atoms with van der Waals surface area (Å²) in [6.45, 7) is 2.03. The summed E-state index contributed by atoms with van der Waals surface area (Å²) in [6.07, 6.45) is 0. The Hall–Kier alpha value is -2.54. The van der Waals surface area contributed by atoms with E-state index in [2.05, 4.69) is 0 Å². The van der Waals surface area contributed by atoms with Crippen LogP contribution >= 0.6 is 0 Å². The predicted octanol–water partition coefficient (Wildman–Crippen LogP) is 3.59. The number of nitriles is 1. The van der Waals surface area contributed by atoms with E-state index in [0.717, 1.165) is 5.56 Å². The normalized spacial score (nSPS) is 9.90. The van der Waals surface area contributed by atoms with Gasteiger partial charge in [0.1, 0.15) is 12.4 Å². The van der Waals surface area contributed by atoms with Gasteiger partial charge < -0.3 is 9.47 Å². The summed E-state index contributed by atoms with van der Waals surface area (Å²) in [4.78, 5) is 0. The van der Waals surface area contributed by atoms with Crippen LogP contribution < -0.4 is 9.47 Å². The Labute approximate surface area is 117 Å². The van der Waals surface area contributed by atoms with Crippen molar-refractivity contribution in [1.29, 1.82) is 5.26 Å². The van der Waals surface area contributed by atoms with Gasteiger partial charge in [0.2, 0.25) is 0 Å². The monoisotopic (exact) mass is 271 g/mol. The first kappa shape index (κ1) is 13.9. The number of nitrogens with zero attached hydrogens (tertiary/aromatic N) is 1. The van der Waals surface area contributed by atoms with E-state index in [9.17, 15) is 4.39 Å². The average molecular weight is 271 g/mol. The summed E-state index contributed by atoms with van der Waals surface area (Å²) in [7, 11) is 1.56. The highest BCUT2D eigenvalue weighted by Crippen LogP contribution is 2.28. The second kappa shape index (κ2) is 6.07. The zero-order valence-electron chi connectivity index (χ0n) is 11.3. The fourth-order valence-corrected chi connectivity index (χ4v) is 1.78. The predicted molar refractivity (Wildman–Crippen MR) is 73.2 cm³/mol. The van der Waals surface area contributed by atoms with Crippen molar-refractivity contribution in [3.63, 3.8) is 0 Å². The second-order valence-corrected chi connectivity index (χ2v) is 4.36. The molecule has 0 aliphatic carbocycles. The van der Waals surface area contributed by atoms with Crippen LogP contribution in [0.2, 0.25) is 0 Å². The standard InChI is InChI=1S/C16H14FNO2/c1-11-3-6-15(16(7-11)19-2)20-10-13-5-4-12(9-18)8-14(13)17/h3-8H,10H2,1-2H3. The van der Waals surface area contributed by atoms with Crippen LogP contribution in [0.1, 0.15) is 16.7 Å². The van der Waals surface area contributed by atoms with Crippen molar-refractivity contribution in [3.8, 4) is 17.6 Å². The molecule has 0 heterocycles. The van der Waals surface area contributed by atoms with E-state index < -0.39 is 5.82 Å². The lowest BCUT2D eigenvalue weighted by molar-refractivity contribution is 0.279. The van der Waals surface area contributed by atoms with Crippen molar-refractivity contribution < 1.29 is 13.9 Å². The molecule has 0 aliphatic heterocycles. The van der Waals surface area contributed by atoms with Crippen molar-refractivity contribution in [3.05, 3.63) is 58.9 Å². The van der Waals surface area contributed by atoms with Gasteiger partial charge in [0.15, 0.2) is 11.5 Å². The topological polar surface area (TPSA) is 42.2 Å². The Morgan fingerprint density at radius 1 is 1.15 bits per heavy atom. The van der Waals surface area contributed by atoms with Crippen LogP contribution in [0.5, 0.6) is 11.5 Å². The first-order valence-corrected chi connectivity index (χ1v) is 6.10. The fraction of sp³-hybridized carbons (Fsp3) is 0.188. The fourth-order valence-electron chi connectivity index (χ4n) is 1.78. The molecule has 3 nitrogen and oxygen atoms in total. The summed E-state index contributed by atoms with van der Waals surface area (Å²) in [5.74, 6) is 0.719. The smallest absolute Gasteiger partial charge is 0.161 e. The zero-order valence-corrected chi connectivity index (χ0v) is 11.3. The summed E-state index contributed by atoms with van der Waals surface area (Å²) < 4.78 is 24.5. The molecule has 0 bridgehead atoms. The molecule has 0 N–H and O–H groups in total. The molecule has 0 spiro atoms. The minimum absolute atomic E-state index is 0.0803.